The molecule has 6 aromatic rings. The molecule has 9 heteroatoms. The minimum atomic E-state index is -0.362. The van der Waals surface area contributed by atoms with Gasteiger partial charge in [0.25, 0.3) is 5.91 Å². The zero-order valence-corrected chi connectivity index (χ0v) is 27.1. The van der Waals surface area contributed by atoms with Crippen molar-refractivity contribution < 1.29 is 4.79 Å². The van der Waals surface area contributed by atoms with Crippen LogP contribution >= 0.6 is 23.2 Å². The fourth-order valence-electron chi connectivity index (χ4n) is 5.77. The van der Waals surface area contributed by atoms with Gasteiger partial charge in [-0.15, -0.1) is 0 Å². The molecule has 0 aliphatic rings. The third-order valence-electron chi connectivity index (χ3n) is 7.95. The number of halogens is 2. The summed E-state index contributed by atoms with van der Waals surface area (Å²) in [5, 5.41) is 12.6. The normalized spacial score (nSPS) is 12.6. The van der Waals surface area contributed by atoms with E-state index in [0.29, 0.717) is 27.1 Å². The van der Waals surface area contributed by atoms with Gasteiger partial charge in [-0.3, -0.25) is 9.89 Å². The highest BCUT2D eigenvalue weighted by Gasteiger charge is 2.28. The van der Waals surface area contributed by atoms with E-state index < -0.39 is 0 Å². The molecule has 0 fully saturated rings. The van der Waals surface area contributed by atoms with Crippen molar-refractivity contribution in [1.29, 1.82) is 0 Å². The number of anilines is 1. The highest BCUT2D eigenvalue weighted by molar-refractivity contribution is 6.31. The molecule has 46 heavy (non-hydrogen) atoms. The Balaban J connectivity index is 1.57. The second kappa shape index (κ2) is 13.1. The van der Waals surface area contributed by atoms with Crippen LogP contribution in [0.1, 0.15) is 47.2 Å². The molecule has 0 bridgehead atoms. The number of hydrogen-bond donors (Lipinski definition) is 3. The van der Waals surface area contributed by atoms with Crippen LogP contribution in [0.5, 0.6) is 0 Å². The van der Waals surface area contributed by atoms with E-state index in [1.54, 1.807) is 6.08 Å². The molecule has 3 aromatic heterocycles. The first-order valence-corrected chi connectivity index (χ1v) is 15.6. The molecular weight excluding hydrogens is 615 g/mol. The maximum absolute atomic E-state index is 14.4. The van der Waals surface area contributed by atoms with Crippen LogP contribution in [0.4, 0.5) is 5.82 Å². The first-order valence-electron chi connectivity index (χ1n) is 14.8. The number of carbonyl (C=O) groups is 1. The number of nitrogens with one attached hydrogen (secondary N) is 3. The van der Waals surface area contributed by atoms with Crippen molar-refractivity contribution in [2.45, 2.75) is 26.8 Å². The van der Waals surface area contributed by atoms with E-state index in [9.17, 15) is 4.79 Å². The first-order chi connectivity index (χ1) is 22.3. The fraction of sp³-hybridized carbons (Fsp3) is 0.108. The maximum Gasteiger partial charge on any atom is 0.274 e. The lowest BCUT2D eigenvalue weighted by atomic mass is 9.99. The van der Waals surface area contributed by atoms with Gasteiger partial charge in [0.2, 0.25) is 0 Å². The number of aryl methyl sites for hydroxylation is 1. The molecule has 0 radical (unpaired) electrons. The topological polar surface area (TPSA) is 91.4 Å². The molecule has 6 rings (SSSR count). The standard InChI is InChI=1S/C37H32Cl2N6O/c1-5-10-25(11-6-2)31-22(3)43-44-36(31)42-37(46)34-32(29-19-18-28(39)20-30(29)41-34)35-33(26-12-8-7-9-13-26)40-21-45(35)23(4)24-14-16-27(38)17-15-24/h5-21,23,41H,1H2,2-4H3,(H2,42,43,44,46)/b11-6-,25-10+. The summed E-state index contributed by atoms with van der Waals surface area (Å²) in [6, 6.07) is 23.1. The van der Waals surface area contributed by atoms with Gasteiger partial charge in [0.05, 0.1) is 23.8 Å². The van der Waals surface area contributed by atoms with Crippen LogP contribution < -0.4 is 5.32 Å². The van der Waals surface area contributed by atoms with E-state index >= 15 is 0 Å². The van der Waals surface area contributed by atoms with Gasteiger partial charge in [0.15, 0.2) is 5.82 Å². The quantitative estimate of drug-likeness (QED) is 0.136. The minimum absolute atomic E-state index is 0.140. The largest absolute Gasteiger partial charge is 0.350 e. The molecule has 0 aliphatic carbocycles. The van der Waals surface area contributed by atoms with Gasteiger partial charge in [-0.1, -0.05) is 103 Å². The molecule has 230 valence electrons. The molecule has 3 heterocycles. The Morgan fingerprint density at radius 1 is 1.04 bits per heavy atom. The average molecular weight is 648 g/mol. The highest BCUT2D eigenvalue weighted by atomic mass is 35.5. The van der Waals surface area contributed by atoms with Crippen LogP contribution in [0.15, 0.2) is 110 Å². The van der Waals surface area contributed by atoms with Gasteiger partial charge >= 0.3 is 0 Å². The van der Waals surface area contributed by atoms with Crippen molar-refractivity contribution in [3.8, 4) is 22.5 Å². The Hall–Kier alpha value is -5.11. The van der Waals surface area contributed by atoms with Crippen molar-refractivity contribution in [2.75, 3.05) is 5.32 Å². The summed E-state index contributed by atoms with van der Waals surface area (Å²) in [6.45, 7) is 9.80. The predicted octanol–water partition coefficient (Wildman–Crippen LogP) is 10.0. The smallest absolute Gasteiger partial charge is 0.274 e. The van der Waals surface area contributed by atoms with Gasteiger partial charge in [0, 0.05) is 43.3 Å². The molecule has 3 N–H and O–H groups in total. The minimum Gasteiger partial charge on any atom is -0.350 e. The predicted molar refractivity (Wildman–Crippen MR) is 189 cm³/mol. The van der Waals surface area contributed by atoms with Crippen molar-refractivity contribution in [2.24, 2.45) is 0 Å². The molecule has 0 saturated carbocycles. The third kappa shape index (κ3) is 5.83. The highest BCUT2D eigenvalue weighted by Crippen LogP contribution is 2.41. The summed E-state index contributed by atoms with van der Waals surface area (Å²) in [6.07, 6.45) is 9.30. The Kier molecular flexibility index (Phi) is 8.79. The van der Waals surface area contributed by atoms with E-state index in [0.717, 1.165) is 50.2 Å². The van der Waals surface area contributed by atoms with Crippen LogP contribution in [0.2, 0.25) is 10.0 Å². The number of aromatic nitrogens is 5. The summed E-state index contributed by atoms with van der Waals surface area (Å²) in [5.74, 6) is 0.0436. The molecule has 7 nitrogen and oxygen atoms in total. The van der Waals surface area contributed by atoms with Crippen LogP contribution in [-0.4, -0.2) is 30.6 Å². The number of hydrogen-bond acceptors (Lipinski definition) is 3. The molecule has 1 unspecified atom stereocenters. The van der Waals surface area contributed by atoms with Crippen molar-refractivity contribution >= 4 is 51.4 Å². The van der Waals surface area contributed by atoms with Gasteiger partial charge in [0.1, 0.15) is 5.69 Å². The number of carbonyl (C=O) groups excluding carboxylic acids is 1. The number of allylic oxidation sites excluding steroid dienone is 5. The number of benzene rings is 3. The Labute approximate surface area is 277 Å². The van der Waals surface area contributed by atoms with E-state index in [1.165, 1.54) is 0 Å². The summed E-state index contributed by atoms with van der Waals surface area (Å²) in [5.41, 5.74) is 7.71. The number of aromatic amines is 2. The lowest BCUT2D eigenvalue weighted by molar-refractivity contribution is 0.102. The molecule has 0 saturated heterocycles. The van der Waals surface area contributed by atoms with Gasteiger partial charge in [-0.2, -0.15) is 5.10 Å². The summed E-state index contributed by atoms with van der Waals surface area (Å²) in [7, 11) is 0. The van der Waals surface area contributed by atoms with Crippen molar-refractivity contribution in [3.63, 3.8) is 0 Å². The number of fused-ring (bicyclic) bond motifs is 1. The van der Waals surface area contributed by atoms with Crippen LogP contribution in [-0.2, 0) is 0 Å². The van der Waals surface area contributed by atoms with Crippen molar-refractivity contribution in [3.05, 3.63) is 143 Å². The SMILES string of the molecule is C=C/C=C(\C=C/C)c1c(NC(=O)c2[nH]c3cc(Cl)ccc3c2-c2c(-c3ccccc3)ncn2C(C)c2ccc(Cl)cc2)n[nH]c1C. The van der Waals surface area contributed by atoms with Crippen LogP contribution in [0.3, 0.4) is 0 Å². The number of H-pyrrole nitrogens is 2. The molecular formula is C37H32Cl2N6O. The lowest BCUT2D eigenvalue weighted by Crippen LogP contribution is -2.16. The summed E-state index contributed by atoms with van der Waals surface area (Å²) >= 11 is 12.7. The third-order valence-corrected chi connectivity index (χ3v) is 8.43. The van der Waals surface area contributed by atoms with Crippen LogP contribution in [0.25, 0.3) is 39.0 Å². The van der Waals surface area contributed by atoms with E-state index in [2.05, 4.69) is 38.6 Å². The molecule has 3 aromatic carbocycles. The van der Waals surface area contributed by atoms with Gasteiger partial charge < -0.3 is 14.9 Å². The summed E-state index contributed by atoms with van der Waals surface area (Å²) < 4.78 is 2.10. The number of nitrogens with zero attached hydrogens (tertiary/aromatic N) is 3. The van der Waals surface area contributed by atoms with E-state index in [4.69, 9.17) is 28.2 Å². The first kappa shape index (κ1) is 30.9. The van der Waals surface area contributed by atoms with Gasteiger partial charge in [-0.05, 0) is 56.2 Å². The molecule has 1 amide bonds. The second-order valence-corrected chi connectivity index (χ2v) is 11.8. The number of rotatable bonds is 9. The Morgan fingerprint density at radius 3 is 2.50 bits per heavy atom. The fourth-order valence-corrected chi connectivity index (χ4v) is 6.07. The van der Waals surface area contributed by atoms with Gasteiger partial charge in [-0.25, -0.2) is 4.98 Å². The average Bonchev–Trinajstić information content (AvgIpc) is 3.76. The molecule has 0 spiro atoms. The van der Waals surface area contributed by atoms with Crippen LogP contribution in [0, 0.1) is 6.92 Å². The van der Waals surface area contributed by atoms with Crippen molar-refractivity contribution in [1.82, 2.24) is 24.7 Å². The second-order valence-electron chi connectivity index (χ2n) is 10.9. The lowest BCUT2D eigenvalue weighted by Gasteiger charge is -2.19. The van der Waals surface area contributed by atoms with E-state index in [1.807, 2.05) is 111 Å². The zero-order chi connectivity index (χ0) is 32.4. The summed E-state index contributed by atoms with van der Waals surface area (Å²) in [4.78, 5) is 22.7. The Morgan fingerprint density at radius 2 is 1.78 bits per heavy atom. The monoisotopic (exact) mass is 646 g/mol. The Bertz CT molecular complexity index is 2120. The molecule has 0 aliphatic heterocycles. The maximum atomic E-state index is 14.4. The van der Waals surface area contributed by atoms with E-state index in [-0.39, 0.29) is 11.9 Å². The number of amides is 1. The molecule has 1 atom stereocenters. The number of imidazole rings is 1. The zero-order valence-electron chi connectivity index (χ0n) is 25.6.